The predicted molar refractivity (Wildman–Crippen MR) is 130 cm³/mol. The first kappa shape index (κ1) is 23.8. The summed E-state index contributed by atoms with van der Waals surface area (Å²) in [5.41, 5.74) is 1.27. The predicted octanol–water partition coefficient (Wildman–Crippen LogP) is 2.92. The molecule has 3 rings (SSSR count). The molecular weight excluding hydrogens is 499 g/mol. The van der Waals surface area contributed by atoms with Crippen molar-refractivity contribution in [1.82, 2.24) is 25.4 Å². The lowest BCUT2D eigenvalue weighted by molar-refractivity contribution is 0.414. The van der Waals surface area contributed by atoms with Gasteiger partial charge in [0.25, 0.3) is 0 Å². The molecule has 2 N–H and O–H groups in total. The summed E-state index contributed by atoms with van der Waals surface area (Å²) in [6, 6.07) is 8.19. The van der Waals surface area contributed by atoms with Gasteiger partial charge >= 0.3 is 0 Å². The van der Waals surface area contributed by atoms with E-state index in [0.29, 0.717) is 11.8 Å². The molecule has 2 aromatic rings. The molecule has 1 aliphatic heterocycles. The fraction of sp³-hybridized carbons (Fsp3) is 0.550. The molecule has 1 fully saturated rings. The van der Waals surface area contributed by atoms with Crippen LogP contribution in [-0.2, 0) is 20.0 Å². The van der Waals surface area contributed by atoms with E-state index in [1.807, 2.05) is 42.4 Å². The number of thioether (sulfide) groups is 1. The number of guanidine groups is 1. The summed E-state index contributed by atoms with van der Waals surface area (Å²) >= 11 is 2.05. The van der Waals surface area contributed by atoms with Gasteiger partial charge in [-0.25, -0.2) is 4.99 Å². The minimum Gasteiger partial charge on any atom is -0.497 e. The lowest BCUT2D eigenvalue weighted by Gasteiger charge is -2.15. The number of aromatic nitrogens is 3. The zero-order valence-corrected chi connectivity index (χ0v) is 20.5. The van der Waals surface area contributed by atoms with Crippen LogP contribution in [0.3, 0.4) is 0 Å². The molecular formula is C20H31IN6OS. The van der Waals surface area contributed by atoms with Crippen LogP contribution in [0.1, 0.15) is 30.1 Å². The highest BCUT2D eigenvalue weighted by Crippen LogP contribution is 2.25. The van der Waals surface area contributed by atoms with Crippen LogP contribution in [0.4, 0.5) is 0 Å². The Labute approximate surface area is 194 Å². The molecule has 0 aliphatic carbocycles. The van der Waals surface area contributed by atoms with E-state index in [1.165, 1.54) is 24.2 Å². The van der Waals surface area contributed by atoms with E-state index in [-0.39, 0.29) is 24.0 Å². The van der Waals surface area contributed by atoms with Gasteiger partial charge < -0.3 is 19.9 Å². The molecule has 0 bridgehead atoms. The summed E-state index contributed by atoms with van der Waals surface area (Å²) in [6.07, 6.45) is 3.51. The molecule has 9 heteroatoms. The van der Waals surface area contributed by atoms with Gasteiger partial charge in [-0.15, -0.1) is 34.2 Å². The molecule has 1 aliphatic rings. The minimum atomic E-state index is 0. The molecule has 7 nitrogen and oxygen atoms in total. The van der Waals surface area contributed by atoms with Gasteiger partial charge in [0.15, 0.2) is 11.8 Å². The third-order valence-corrected chi connectivity index (χ3v) is 6.35. The number of aliphatic imine (C=N–C) groups is 1. The first-order chi connectivity index (χ1) is 13.7. The number of methoxy groups -OCH3 is 1. The number of benzene rings is 1. The largest absolute Gasteiger partial charge is 0.497 e. The molecule has 2 heterocycles. The SMILES string of the molecule is COc1ccc(CCNC(=NCc2nnc(C)n2C)NCC2CCCS2)cc1.I. The molecule has 1 aromatic heterocycles. The standard InChI is InChI=1S/C20H30N6OS.HI/c1-15-24-25-19(26(15)2)14-23-20(22-13-18-5-4-12-28-18)21-11-10-16-6-8-17(27-3)9-7-16;/h6-9,18H,4-5,10-14H2,1-3H3,(H2,21,22,23);1H. The number of hydrogen-bond donors (Lipinski definition) is 2. The zero-order chi connectivity index (χ0) is 19.8. The fourth-order valence-electron chi connectivity index (χ4n) is 3.05. The van der Waals surface area contributed by atoms with Crippen molar-refractivity contribution in [2.75, 3.05) is 26.0 Å². The van der Waals surface area contributed by atoms with Gasteiger partial charge in [-0.2, -0.15) is 11.8 Å². The van der Waals surface area contributed by atoms with Crippen molar-refractivity contribution in [3.8, 4) is 5.75 Å². The molecule has 1 aromatic carbocycles. The van der Waals surface area contributed by atoms with Crippen LogP contribution in [0.5, 0.6) is 5.75 Å². The fourth-order valence-corrected chi connectivity index (χ4v) is 4.25. The van der Waals surface area contributed by atoms with Gasteiger partial charge in [0, 0.05) is 25.4 Å². The monoisotopic (exact) mass is 530 g/mol. The lowest BCUT2D eigenvalue weighted by Crippen LogP contribution is -2.41. The third-order valence-electron chi connectivity index (χ3n) is 4.95. The van der Waals surface area contributed by atoms with Gasteiger partial charge in [0.1, 0.15) is 18.1 Å². The molecule has 1 saturated heterocycles. The molecule has 0 radical (unpaired) electrons. The van der Waals surface area contributed by atoms with E-state index >= 15 is 0 Å². The Morgan fingerprint density at radius 1 is 1.28 bits per heavy atom. The smallest absolute Gasteiger partial charge is 0.191 e. The summed E-state index contributed by atoms with van der Waals surface area (Å²) in [7, 11) is 3.66. The average molecular weight is 530 g/mol. The topological polar surface area (TPSA) is 76.4 Å². The summed E-state index contributed by atoms with van der Waals surface area (Å²) in [5, 5.41) is 15.9. The van der Waals surface area contributed by atoms with E-state index in [4.69, 9.17) is 9.73 Å². The number of nitrogens with one attached hydrogen (secondary N) is 2. The normalized spacial score (nSPS) is 16.4. The van der Waals surface area contributed by atoms with Crippen LogP contribution in [-0.4, -0.2) is 51.9 Å². The number of rotatable bonds is 8. The second kappa shape index (κ2) is 12.3. The third kappa shape index (κ3) is 7.36. The van der Waals surface area contributed by atoms with E-state index in [1.54, 1.807) is 7.11 Å². The zero-order valence-electron chi connectivity index (χ0n) is 17.4. The molecule has 0 saturated carbocycles. The molecule has 1 atom stereocenters. The highest BCUT2D eigenvalue weighted by molar-refractivity contribution is 14.0. The molecule has 0 amide bonds. The van der Waals surface area contributed by atoms with Crippen molar-refractivity contribution in [3.05, 3.63) is 41.5 Å². The van der Waals surface area contributed by atoms with Crippen molar-refractivity contribution < 1.29 is 4.74 Å². The summed E-state index contributed by atoms with van der Waals surface area (Å²) in [4.78, 5) is 4.73. The Bertz CT molecular complexity index is 774. The second-order valence-corrected chi connectivity index (χ2v) is 8.34. The number of aryl methyl sites for hydroxylation is 1. The summed E-state index contributed by atoms with van der Waals surface area (Å²) < 4.78 is 7.20. The molecule has 160 valence electrons. The Balaban J connectivity index is 0.00000300. The highest BCUT2D eigenvalue weighted by Gasteiger charge is 2.15. The number of hydrogen-bond acceptors (Lipinski definition) is 5. The second-order valence-electron chi connectivity index (χ2n) is 6.93. The maximum atomic E-state index is 5.22. The Hall–Kier alpha value is -1.49. The minimum absolute atomic E-state index is 0. The first-order valence-corrected chi connectivity index (χ1v) is 10.8. The van der Waals surface area contributed by atoms with Crippen molar-refractivity contribution >= 4 is 41.7 Å². The van der Waals surface area contributed by atoms with E-state index in [9.17, 15) is 0 Å². The van der Waals surface area contributed by atoms with Gasteiger partial charge in [-0.1, -0.05) is 12.1 Å². The maximum Gasteiger partial charge on any atom is 0.191 e. The highest BCUT2D eigenvalue weighted by atomic mass is 127. The van der Waals surface area contributed by atoms with Gasteiger partial charge in [-0.3, -0.25) is 0 Å². The Morgan fingerprint density at radius 3 is 2.69 bits per heavy atom. The number of halogens is 1. The van der Waals surface area contributed by atoms with Gasteiger partial charge in [0.05, 0.1) is 7.11 Å². The van der Waals surface area contributed by atoms with Crippen LogP contribution in [0.2, 0.25) is 0 Å². The van der Waals surface area contributed by atoms with E-state index in [0.717, 1.165) is 42.9 Å². The van der Waals surface area contributed by atoms with Crippen LogP contribution in [0, 0.1) is 6.92 Å². The Morgan fingerprint density at radius 2 is 2.07 bits per heavy atom. The number of ether oxygens (including phenoxy) is 1. The van der Waals surface area contributed by atoms with Gasteiger partial charge in [0.2, 0.25) is 0 Å². The lowest BCUT2D eigenvalue weighted by atomic mass is 10.1. The quantitative estimate of drug-likeness (QED) is 0.311. The summed E-state index contributed by atoms with van der Waals surface area (Å²) in [5.74, 6) is 4.75. The van der Waals surface area contributed by atoms with Crippen LogP contribution < -0.4 is 15.4 Å². The van der Waals surface area contributed by atoms with Gasteiger partial charge in [-0.05, 0) is 49.6 Å². The average Bonchev–Trinajstić information content (AvgIpc) is 3.35. The van der Waals surface area contributed by atoms with Crippen molar-refractivity contribution in [1.29, 1.82) is 0 Å². The number of nitrogens with zero attached hydrogens (tertiary/aromatic N) is 4. The van der Waals surface area contributed by atoms with E-state index in [2.05, 4.69) is 33.0 Å². The van der Waals surface area contributed by atoms with Crippen molar-refractivity contribution in [3.63, 3.8) is 0 Å². The molecule has 29 heavy (non-hydrogen) atoms. The molecule has 0 spiro atoms. The van der Waals surface area contributed by atoms with Crippen molar-refractivity contribution in [2.45, 2.75) is 38.0 Å². The van der Waals surface area contributed by atoms with Crippen LogP contribution in [0.25, 0.3) is 0 Å². The van der Waals surface area contributed by atoms with Crippen molar-refractivity contribution in [2.24, 2.45) is 12.0 Å². The summed E-state index contributed by atoms with van der Waals surface area (Å²) in [6.45, 7) is 4.21. The molecule has 1 unspecified atom stereocenters. The van der Waals surface area contributed by atoms with Crippen LogP contribution in [0.15, 0.2) is 29.3 Å². The van der Waals surface area contributed by atoms with Crippen LogP contribution >= 0.6 is 35.7 Å². The maximum absolute atomic E-state index is 5.22. The first-order valence-electron chi connectivity index (χ1n) is 9.77. The Kier molecular flexibility index (Phi) is 10.1. The van der Waals surface area contributed by atoms with E-state index < -0.39 is 0 Å².